The largest absolute Gasteiger partial charge is 0.375 e. The summed E-state index contributed by atoms with van der Waals surface area (Å²) >= 11 is 6.99. The fourth-order valence-corrected chi connectivity index (χ4v) is 3.89. The van der Waals surface area contributed by atoms with Gasteiger partial charge in [-0.2, -0.15) is 0 Å². The molecule has 0 bridgehead atoms. The highest BCUT2D eigenvalue weighted by molar-refractivity contribution is 9.11. The maximum absolute atomic E-state index is 6.01. The normalized spacial score (nSPS) is 21.9. The molecule has 1 atom stereocenters. The molecular formula is C15H22Br2N2O. The number of hydrogen-bond donors (Lipinski definition) is 1. The van der Waals surface area contributed by atoms with E-state index in [1.165, 1.54) is 0 Å². The van der Waals surface area contributed by atoms with Crippen molar-refractivity contribution in [2.45, 2.75) is 57.7 Å². The minimum Gasteiger partial charge on any atom is -0.375 e. The fraction of sp³-hybridized carbons (Fsp3) is 0.667. The Hall–Kier alpha value is 0.0300. The molecule has 0 spiro atoms. The molecule has 1 saturated heterocycles. The summed E-state index contributed by atoms with van der Waals surface area (Å²) in [6, 6.07) is 2.55. The Bertz CT molecular complexity index is 449. The lowest BCUT2D eigenvalue weighted by molar-refractivity contribution is -0.0932. The molecule has 5 heteroatoms. The molecule has 3 nitrogen and oxygen atoms in total. The van der Waals surface area contributed by atoms with Gasteiger partial charge in [-0.05, 0) is 63.6 Å². The van der Waals surface area contributed by atoms with Crippen LogP contribution in [0.1, 0.15) is 45.2 Å². The maximum atomic E-state index is 6.01. The van der Waals surface area contributed by atoms with Crippen molar-refractivity contribution < 1.29 is 4.74 Å². The molecule has 0 saturated carbocycles. The summed E-state index contributed by atoms with van der Waals surface area (Å²) < 4.78 is 8.06. The number of rotatable bonds is 5. The highest BCUT2D eigenvalue weighted by Gasteiger charge is 2.34. The summed E-state index contributed by atoms with van der Waals surface area (Å²) in [7, 11) is 0. The zero-order chi connectivity index (χ0) is 14.6. The van der Waals surface area contributed by atoms with E-state index in [0.29, 0.717) is 6.04 Å². The molecule has 0 radical (unpaired) electrons. The van der Waals surface area contributed by atoms with Crippen molar-refractivity contribution in [3.63, 3.8) is 0 Å². The highest BCUT2D eigenvalue weighted by Crippen LogP contribution is 2.31. The second kappa shape index (κ2) is 7.34. The van der Waals surface area contributed by atoms with E-state index >= 15 is 0 Å². The van der Waals surface area contributed by atoms with Crippen molar-refractivity contribution in [2.75, 3.05) is 6.61 Å². The van der Waals surface area contributed by atoms with E-state index in [4.69, 9.17) is 4.74 Å². The quantitative estimate of drug-likeness (QED) is 0.786. The predicted molar refractivity (Wildman–Crippen MR) is 88.8 cm³/mol. The third-order valence-electron chi connectivity index (χ3n) is 4.22. The molecule has 1 aliphatic heterocycles. The molecule has 20 heavy (non-hydrogen) atoms. The number of pyridine rings is 1. The van der Waals surface area contributed by atoms with E-state index in [1.807, 2.05) is 12.3 Å². The Labute approximate surface area is 138 Å². The summed E-state index contributed by atoms with van der Waals surface area (Å²) in [6.45, 7) is 6.09. The van der Waals surface area contributed by atoms with Gasteiger partial charge in [0.2, 0.25) is 0 Å². The van der Waals surface area contributed by atoms with Crippen LogP contribution in [0.3, 0.4) is 0 Å². The average molecular weight is 406 g/mol. The number of nitrogens with one attached hydrogen (secondary N) is 1. The van der Waals surface area contributed by atoms with E-state index in [-0.39, 0.29) is 5.60 Å². The van der Waals surface area contributed by atoms with Crippen LogP contribution in [-0.4, -0.2) is 23.2 Å². The van der Waals surface area contributed by atoms with Crippen molar-refractivity contribution in [1.82, 2.24) is 10.3 Å². The van der Waals surface area contributed by atoms with Crippen molar-refractivity contribution in [2.24, 2.45) is 0 Å². The molecule has 2 heterocycles. The van der Waals surface area contributed by atoms with Gasteiger partial charge in [-0.15, -0.1) is 0 Å². The van der Waals surface area contributed by atoms with Crippen LogP contribution < -0.4 is 5.32 Å². The summed E-state index contributed by atoms with van der Waals surface area (Å²) in [4.78, 5) is 4.45. The SMILES string of the molecule is CCC1(CC)CC(NCc2ncc(Br)cc2Br)CCO1. The van der Waals surface area contributed by atoms with Gasteiger partial charge in [0.15, 0.2) is 0 Å². The fourth-order valence-electron chi connectivity index (χ4n) is 2.76. The van der Waals surface area contributed by atoms with Crippen molar-refractivity contribution in [1.29, 1.82) is 0 Å². The first-order valence-electron chi connectivity index (χ1n) is 7.26. The Morgan fingerprint density at radius 1 is 1.40 bits per heavy atom. The third-order valence-corrected chi connectivity index (χ3v) is 5.34. The topological polar surface area (TPSA) is 34.2 Å². The maximum Gasteiger partial charge on any atom is 0.0692 e. The Kier molecular flexibility index (Phi) is 6.02. The van der Waals surface area contributed by atoms with Gasteiger partial charge in [0.05, 0.1) is 11.3 Å². The summed E-state index contributed by atoms with van der Waals surface area (Å²) in [5.74, 6) is 0. The number of nitrogens with zero attached hydrogens (tertiary/aromatic N) is 1. The molecule has 1 unspecified atom stereocenters. The molecule has 1 fully saturated rings. The second-order valence-corrected chi connectivity index (χ2v) is 7.16. The van der Waals surface area contributed by atoms with E-state index in [9.17, 15) is 0 Å². The van der Waals surface area contributed by atoms with E-state index in [0.717, 1.165) is 53.5 Å². The van der Waals surface area contributed by atoms with Crippen LogP contribution in [0.2, 0.25) is 0 Å². The molecule has 0 aliphatic carbocycles. The zero-order valence-corrected chi connectivity index (χ0v) is 15.3. The summed E-state index contributed by atoms with van der Waals surface area (Å²) in [6.07, 6.45) is 6.18. The van der Waals surface area contributed by atoms with E-state index in [2.05, 4.69) is 56.0 Å². The van der Waals surface area contributed by atoms with Gasteiger partial charge in [-0.3, -0.25) is 4.98 Å². The first-order chi connectivity index (χ1) is 9.58. The van der Waals surface area contributed by atoms with Crippen LogP contribution in [0.5, 0.6) is 0 Å². The van der Waals surface area contributed by atoms with Crippen molar-refractivity contribution >= 4 is 31.9 Å². The van der Waals surface area contributed by atoms with Crippen LogP contribution in [0, 0.1) is 0 Å². The average Bonchev–Trinajstić information content (AvgIpc) is 2.46. The second-order valence-electron chi connectivity index (χ2n) is 5.39. The van der Waals surface area contributed by atoms with Gasteiger partial charge in [0.1, 0.15) is 0 Å². The highest BCUT2D eigenvalue weighted by atomic mass is 79.9. The van der Waals surface area contributed by atoms with Gasteiger partial charge in [0.25, 0.3) is 0 Å². The molecule has 2 rings (SSSR count). The van der Waals surface area contributed by atoms with Gasteiger partial charge in [0, 0.05) is 34.3 Å². The molecule has 1 aromatic rings. The van der Waals surface area contributed by atoms with Crippen molar-refractivity contribution in [3.8, 4) is 0 Å². The van der Waals surface area contributed by atoms with Gasteiger partial charge in [-0.25, -0.2) is 0 Å². The Balaban J connectivity index is 1.93. The number of hydrogen-bond acceptors (Lipinski definition) is 3. The van der Waals surface area contributed by atoms with Gasteiger partial charge < -0.3 is 10.1 Å². The van der Waals surface area contributed by atoms with Gasteiger partial charge >= 0.3 is 0 Å². The monoisotopic (exact) mass is 404 g/mol. The zero-order valence-electron chi connectivity index (χ0n) is 12.1. The first-order valence-corrected chi connectivity index (χ1v) is 8.84. The van der Waals surface area contributed by atoms with E-state index in [1.54, 1.807) is 0 Å². The first kappa shape index (κ1) is 16.4. The molecule has 0 aromatic carbocycles. The molecule has 1 aliphatic rings. The smallest absolute Gasteiger partial charge is 0.0692 e. The number of ether oxygens (including phenoxy) is 1. The lowest BCUT2D eigenvalue weighted by Gasteiger charge is -2.40. The van der Waals surface area contributed by atoms with E-state index < -0.39 is 0 Å². The third kappa shape index (κ3) is 4.03. The van der Waals surface area contributed by atoms with Crippen LogP contribution in [-0.2, 0) is 11.3 Å². The standard InChI is InChI=1S/C15H22Br2N2O/c1-3-15(4-2)8-12(5-6-20-15)18-10-14-13(17)7-11(16)9-19-14/h7,9,12,18H,3-6,8,10H2,1-2H3. The number of halogens is 2. The predicted octanol–water partition coefficient (Wildman–Crippen LogP) is 4.43. The molecular weight excluding hydrogens is 384 g/mol. The lowest BCUT2D eigenvalue weighted by Crippen LogP contribution is -2.46. The Morgan fingerprint density at radius 2 is 2.15 bits per heavy atom. The lowest BCUT2D eigenvalue weighted by atomic mass is 9.86. The molecule has 0 amide bonds. The van der Waals surface area contributed by atoms with Crippen LogP contribution in [0.4, 0.5) is 0 Å². The van der Waals surface area contributed by atoms with Gasteiger partial charge in [-0.1, -0.05) is 13.8 Å². The summed E-state index contributed by atoms with van der Waals surface area (Å²) in [5, 5.41) is 3.63. The van der Waals surface area contributed by atoms with Crippen molar-refractivity contribution in [3.05, 3.63) is 26.9 Å². The van der Waals surface area contributed by atoms with Crippen LogP contribution in [0.25, 0.3) is 0 Å². The minimum atomic E-state index is 0.0697. The summed E-state index contributed by atoms with van der Waals surface area (Å²) in [5.41, 5.74) is 1.12. The molecule has 1 aromatic heterocycles. The number of aromatic nitrogens is 1. The minimum absolute atomic E-state index is 0.0697. The molecule has 1 N–H and O–H groups in total. The van der Waals surface area contributed by atoms with Crippen LogP contribution in [0.15, 0.2) is 21.2 Å². The Morgan fingerprint density at radius 3 is 2.80 bits per heavy atom. The van der Waals surface area contributed by atoms with Crippen LogP contribution >= 0.6 is 31.9 Å². The molecule has 112 valence electrons.